The van der Waals surface area contributed by atoms with Gasteiger partial charge in [0.25, 0.3) is 0 Å². The van der Waals surface area contributed by atoms with Gasteiger partial charge in [-0.05, 0) is 30.3 Å². The highest BCUT2D eigenvalue weighted by molar-refractivity contribution is 7.16. The molecule has 10 heteroatoms. The van der Waals surface area contributed by atoms with E-state index in [1.165, 1.54) is 36.6 Å². The number of piperazine rings is 1. The van der Waals surface area contributed by atoms with Crippen LogP contribution in [0.15, 0.2) is 30.3 Å². The molecular weight excluding hydrogens is 424 g/mol. The molecule has 2 aromatic rings. The van der Waals surface area contributed by atoms with Crippen LogP contribution in [-0.2, 0) is 0 Å². The number of thiophene rings is 1. The highest BCUT2D eigenvalue weighted by Gasteiger charge is 2.33. The van der Waals surface area contributed by atoms with Crippen LogP contribution in [0.1, 0.15) is 16.5 Å². The second-order valence-electron chi connectivity index (χ2n) is 5.78. The quantitative estimate of drug-likeness (QED) is 0.725. The number of ether oxygens (including phenoxy) is 2. The predicted molar refractivity (Wildman–Crippen MR) is 103 cm³/mol. The Morgan fingerprint density at radius 3 is 2.44 bits per heavy atom. The van der Waals surface area contributed by atoms with Crippen molar-refractivity contribution in [3.8, 4) is 11.5 Å². The van der Waals surface area contributed by atoms with E-state index in [1.54, 1.807) is 6.07 Å². The fourth-order valence-electron chi connectivity index (χ4n) is 3.07. The van der Waals surface area contributed by atoms with Crippen LogP contribution in [0, 0.1) is 0 Å². The largest absolute Gasteiger partial charge is 0.573 e. The zero-order chi connectivity index (χ0) is 18.7. The predicted octanol–water partition coefficient (Wildman–Crippen LogP) is 4.73. The first-order valence-electron chi connectivity index (χ1n) is 8.01. The molecule has 1 aromatic heterocycles. The Morgan fingerprint density at radius 2 is 1.89 bits per heavy atom. The summed E-state index contributed by atoms with van der Waals surface area (Å²) >= 11 is 7.51. The first-order chi connectivity index (χ1) is 12.4. The molecule has 1 fully saturated rings. The van der Waals surface area contributed by atoms with Crippen LogP contribution >= 0.6 is 35.3 Å². The van der Waals surface area contributed by atoms with Crippen molar-refractivity contribution in [3.63, 3.8) is 0 Å². The minimum atomic E-state index is -4.75. The highest BCUT2D eigenvalue weighted by atomic mass is 35.5. The minimum Gasteiger partial charge on any atom is -0.496 e. The molecule has 0 unspecified atom stereocenters. The fourth-order valence-corrected chi connectivity index (χ4v) is 4.28. The maximum atomic E-state index is 12.6. The summed E-state index contributed by atoms with van der Waals surface area (Å²) in [6.07, 6.45) is -4.75. The van der Waals surface area contributed by atoms with Crippen LogP contribution in [0.2, 0.25) is 4.34 Å². The van der Waals surface area contributed by atoms with Gasteiger partial charge in [0, 0.05) is 36.6 Å². The van der Waals surface area contributed by atoms with Crippen molar-refractivity contribution >= 4 is 35.3 Å². The third-order valence-electron chi connectivity index (χ3n) is 4.11. The molecule has 1 aromatic carbocycles. The molecule has 1 N–H and O–H groups in total. The lowest BCUT2D eigenvalue weighted by Crippen LogP contribution is -2.45. The third kappa shape index (κ3) is 5.65. The number of alkyl halides is 3. The Balaban J connectivity index is 0.00000261. The molecule has 2 heterocycles. The second-order valence-corrected chi connectivity index (χ2v) is 7.53. The summed E-state index contributed by atoms with van der Waals surface area (Å²) in [5.41, 5.74) is 0.620. The fraction of sp³-hybridized carbons (Fsp3) is 0.412. The molecule has 0 bridgehead atoms. The molecule has 0 aliphatic carbocycles. The molecule has 150 valence electrons. The average molecular weight is 443 g/mol. The van der Waals surface area contributed by atoms with Crippen molar-refractivity contribution in [1.82, 2.24) is 10.2 Å². The lowest BCUT2D eigenvalue weighted by Gasteiger charge is -2.35. The molecule has 1 saturated heterocycles. The lowest BCUT2D eigenvalue weighted by atomic mass is 10.0. The van der Waals surface area contributed by atoms with Crippen molar-refractivity contribution in [2.45, 2.75) is 12.4 Å². The van der Waals surface area contributed by atoms with E-state index in [1.807, 2.05) is 6.07 Å². The van der Waals surface area contributed by atoms with Crippen molar-refractivity contribution < 1.29 is 22.6 Å². The zero-order valence-corrected chi connectivity index (χ0v) is 16.8. The van der Waals surface area contributed by atoms with Crippen molar-refractivity contribution in [3.05, 3.63) is 45.1 Å². The Hall–Kier alpha value is -1.19. The van der Waals surface area contributed by atoms with E-state index >= 15 is 0 Å². The van der Waals surface area contributed by atoms with Crippen molar-refractivity contribution in [2.75, 3.05) is 33.3 Å². The van der Waals surface area contributed by atoms with Gasteiger partial charge in [0.1, 0.15) is 11.5 Å². The van der Waals surface area contributed by atoms with Crippen LogP contribution in [0.5, 0.6) is 11.5 Å². The molecule has 27 heavy (non-hydrogen) atoms. The Kier molecular flexibility index (Phi) is 7.64. The number of benzene rings is 1. The average Bonchev–Trinajstić information content (AvgIpc) is 3.01. The molecule has 0 spiro atoms. The topological polar surface area (TPSA) is 33.7 Å². The van der Waals surface area contributed by atoms with Gasteiger partial charge in [0.15, 0.2) is 0 Å². The van der Waals surface area contributed by atoms with Gasteiger partial charge in [-0.15, -0.1) is 36.9 Å². The molecule has 0 radical (unpaired) electrons. The van der Waals surface area contributed by atoms with E-state index < -0.39 is 6.36 Å². The molecule has 0 amide bonds. The summed E-state index contributed by atoms with van der Waals surface area (Å²) in [5, 5.41) is 3.28. The van der Waals surface area contributed by atoms with E-state index in [9.17, 15) is 13.2 Å². The number of nitrogens with one attached hydrogen (secondary N) is 1. The summed E-state index contributed by atoms with van der Waals surface area (Å²) in [7, 11) is 1.50. The maximum Gasteiger partial charge on any atom is 0.573 e. The van der Waals surface area contributed by atoms with E-state index in [4.69, 9.17) is 16.3 Å². The third-order valence-corrected chi connectivity index (χ3v) is 5.39. The summed E-state index contributed by atoms with van der Waals surface area (Å²) in [5.74, 6) is 0.240. The first-order valence-corrected chi connectivity index (χ1v) is 9.20. The molecule has 1 atom stereocenters. The highest BCUT2D eigenvalue weighted by Crippen LogP contribution is 2.41. The molecular formula is C17H19Cl2F3N2O2S. The number of nitrogens with zero attached hydrogens (tertiary/aromatic N) is 1. The van der Waals surface area contributed by atoms with Crippen LogP contribution < -0.4 is 14.8 Å². The van der Waals surface area contributed by atoms with Gasteiger partial charge in [0.05, 0.1) is 17.5 Å². The lowest BCUT2D eigenvalue weighted by molar-refractivity contribution is -0.274. The monoisotopic (exact) mass is 442 g/mol. The smallest absolute Gasteiger partial charge is 0.496 e. The second kappa shape index (κ2) is 9.34. The van der Waals surface area contributed by atoms with Gasteiger partial charge in [0.2, 0.25) is 0 Å². The van der Waals surface area contributed by atoms with Crippen LogP contribution in [0.4, 0.5) is 13.2 Å². The zero-order valence-electron chi connectivity index (χ0n) is 14.4. The van der Waals surface area contributed by atoms with Crippen molar-refractivity contribution in [1.29, 1.82) is 0 Å². The maximum absolute atomic E-state index is 12.6. The SMILES string of the molecule is COc1ccc(OC(F)(F)F)cc1[C@@H](c1ccc(Cl)s1)N1CCNCC1.Cl. The van der Waals surface area contributed by atoms with E-state index in [0.717, 1.165) is 31.1 Å². The first kappa shape index (κ1) is 22.1. The van der Waals surface area contributed by atoms with Crippen LogP contribution in [-0.4, -0.2) is 44.6 Å². The van der Waals surface area contributed by atoms with Crippen LogP contribution in [0.3, 0.4) is 0 Å². The molecule has 4 nitrogen and oxygen atoms in total. The number of rotatable bonds is 5. The Labute approximate surface area is 170 Å². The van der Waals surface area contributed by atoms with Gasteiger partial charge in [-0.1, -0.05) is 11.6 Å². The normalized spacial score (nSPS) is 16.5. The summed E-state index contributed by atoms with van der Waals surface area (Å²) < 4.78 is 48.1. The molecule has 0 saturated carbocycles. The minimum absolute atomic E-state index is 0. The van der Waals surface area contributed by atoms with Crippen molar-refractivity contribution in [2.24, 2.45) is 0 Å². The van der Waals surface area contributed by atoms with Gasteiger partial charge < -0.3 is 14.8 Å². The van der Waals surface area contributed by atoms with Gasteiger partial charge in [-0.3, -0.25) is 4.90 Å². The molecule has 1 aliphatic heterocycles. The number of methoxy groups -OCH3 is 1. The van der Waals surface area contributed by atoms with E-state index in [0.29, 0.717) is 15.6 Å². The Bertz CT molecular complexity index is 752. The molecule has 1 aliphatic rings. The van der Waals surface area contributed by atoms with Gasteiger partial charge in [-0.25, -0.2) is 0 Å². The standard InChI is InChI=1S/C17H18ClF3N2O2S.ClH/c1-24-13-3-2-11(25-17(19,20)21)10-12(13)16(14-4-5-15(18)26-14)23-8-6-22-7-9-23;/h2-5,10,16,22H,6-9H2,1H3;1H/t16-;/m0./s1. The number of halogens is 5. The van der Waals surface area contributed by atoms with E-state index in [-0.39, 0.29) is 24.2 Å². The van der Waals surface area contributed by atoms with Gasteiger partial charge >= 0.3 is 6.36 Å². The number of hydrogen-bond donors (Lipinski definition) is 1. The number of hydrogen-bond acceptors (Lipinski definition) is 5. The summed E-state index contributed by atoms with van der Waals surface area (Å²) in [4.78, 5) is 3.15. The summed E-state index contributed by atoms with van der Waals surface area (Å²) in [6, 6.07) is 7.58. The molecule has 3 rings (SSSR count). The Morgan fingerprint density at radius 1 is 1.19 bits per heavy atom. The van der Waals surface area contributed by atoms with Gasteiger partial charge in [-0.2, -0.15) is 0 Å². The van der Waals surface area contributed by atoms with Crippen LogP contribution in [0.25, 0.3) is 0 Å². The van der Waals surface area contributed by atoms with E-state index in [2.05, 4.69) is 15.0 Å². The summed E-state index contributed by atoms with van der Waals surface area (Å²) in [6.45, 7) is 3.12.